The van der Waals surface area contributed by atoms with Gasteiger partial charge in [0.25, 0.3) is 0 Å². The third-order valence-corrected chi connectivity index (χ3v) is 4.38. The summed E-state index contributed by atoms with van der Waals surface area (Å²) >= 11 is 2.42. The minimum atomic E-state index is -3.83. The number of carboxylic acid groups (broad SMARTS) is 1. The molecule has 0 amide bonds. The molecule has 9 heteroatoms. The van der Waals surface area contributed by atoms with Crippen LogP contribution in [-0.4, -0.2) is 28.3 Å². The van der Waals surface area contributed by atoms with Crippen molar-refractivity contribution in [1.29, 1.82) is 0 Å². The molecule has 0 aliphatic heterocycles. The molecule has 2 atom stereocenters. The first-order valence-electron chi connectivity index (χ1n) is 5.07. The van der Waals surface area contributed by atoms with Crippen molar-refractivity contribution in [3.8, 4) is 0 Å². The van der Waals surface area contributed by atoms with Crippen LogP contribution in [0.25, 0.3) is 0 Å². The SMILES string of the molecule is N.O=C(O)[C@H](Cc1ccccc1)NCP(=O)(O)OBr. The van der Waals surface area contributed by atoms with Crippen LogP contribution in [0.5, 0.6) is 0 Å². The second-order valence-corrected chi connectivity index (χ2v) is 6.25. The summed E-state index contributed by atoms with van der Waals surface area (Å²) in [6.45, 7) is 0. The fraction of sp³-hybridized carbons (Fsp3) is 0.300. The molecule has 0 aromatic heterocycles. The summed E-state index contributed by atoms with van der Waals surface area (Å²) in [5.74, 6) is -1.09. The molecule has 1 unspecified atom stereocenters. The van der Waals surface area contributed by atoms with Gasteiger partial charge in [-0.1, -0.05) is 30.3 Å². The van der Waals surface area contributed by atoms with Gasteiger partial charge in [0.1, 0.15) is 28.6 Å². The van der Waals surface area contributed by atoms with Gasteiger partial charge in [-0.25, -0.2) is 3.62 Å². The Bertz CT molecular complexity index is 445. The smallest absolute Gasteiger partial charge is 0.352 e. The first kappa shape index (κ1) is 18.2. The van der Waals surface area contributed by atoms with E-state index in [4.69, 9.17) is 10.00 Å². The number of benzene rings is 1. The van der Waals surface area contributed by atoms with Crippen LogP contribution >= 0.6 is 23.9 Å². The van der Waals surface area contributed by atoms with E-state index in [9.17, 15) is 9.36 Å². The number of carboxylic acids is 1. The minimum Gasteiger partial charge on any atom is -0.480 e. The van der Waals surface area contributed by atoms with Gasteiger partial charge in [-0.15, -0.1) is 0 Å². The van der Waals surface area contributed by atoms with Gasteiger partial charge < -0.3 is 16.2 Å². The van der Waals surface area contributed by atoms with Gasteiger partial charge in [0.15, 0.2) is 0 Å². The molecule has 6 N–H and O–H groups in total. The van der Waals surface area contributed by atoms with Gasteiger partial charge in [-0.05, 0) is 12.0 Å². The summed E-state index contributed by atoms with van der Waals surface area (Å²) in [5.41, 5.74) is 0.824. The van der Waals surface area contributed by atoms with E-state index < -0.39 is 25.9 Å². The minimum absolute atomic E-state index is 0. The molecular formula is C10H16BrN2O5P. The molecule has 0 aliphatic carbocycles. The molecule has 0 radical (unpaired) electrons. The highest BCUT2D eigenvalue weighted by atomic mass is 79.9. The van der Waals surface area contributed by atoms with Crippen molar-refractivity contribution in [3.05, 3.63) is 35.9 Å². The summed E-state index contributed by atoms with van der Waals surface area (Å²) in [4.78, 5) is 20.2. The van der Waals surface area contributed by atoms with Crippen LogP contribution < -0.4 is 11.5 Å². The zero-order chi connectivity index (χ0) is 13.6. The third kappa shape index (κ3) is 6.81. The Hall–Kier alpha value is -0.760. The van der Waals surface area contributed by atoms with Gasteiger partial charge in [-0.3, -0.25) is 14.7 Å². The van der Waals surface area contributed by atoms with Crippen LogP contribution in [0.3, 0.4) is 0 Å². The van der Waals surface area contributed by atoms with Crippen LogP contribution in [0, 0.1) is 0 Å². The zero-order valence-corrected chi connectivity index (χ0v) is 12.5. The first-order chi connectivity index (χ1) is 8.44. The highest BCUT2D eigenvalue weighted by molar-refractivity contribution is 9.06. The predicted octanol–water partition coefficient (Wildman–Crippen LogP) is 1.90. The lowest BCUT2D eigenvalue weighted by Gasteiger charge is -2.15. The largest absolute Gasteiger partial charge is 0.480 e. The summed E-state index contributed by atoms with van der Waals surface area (Å²) in [5, 5.41) is 11.5. The monoisotopic (exact) mass is 354 g/mol. The molecule has 7 nitrogen and oxygen atoms in total. The molecule has 0 saturated heterocycles. The topological polar surface area (TPSA) is 131 Å². The van der Waals surface area contributed by atoms with Crippen molar-refractivity contribution >= 4 is 29.8 Å². The molecule has 0 fully saturated rings. The first-order valence-corrected chi connectivity index (χ1v) is 7.48. The van der Waals surface area contributed by atoms with Crippen molar-refractivity contribution in [2.45, 2.75) is 12.5 Å². The molecular weight excluding hydrogens is 339 g/mol. The normalized spacial score (nSPS) is 15.1. The van der Waals surface area contributed by atoms with Crippen molar-refractivity contribution in [1.82, 2.24) is 11.5 Å². The molecule has 0 bridgehead atoms. The van der Waals surface area contributed by atoms with E-state index in [0.717, 1.165) is 5.56 Å². The molecule has 19 heavy (non-hydrogen) atoms. The predicted molar refractivity (Wildman–Crippen MR) is 74.4 cm³/mol. The van der Waals surface area contributed by atoms with E-state index in [1.807, 2.05) is 6.07 Å². The number of halogens is 1. The van der Waals surface area contributed by atoms with Gasteiger partial charge in [0, 0.05) is 0 Å². The van der Waals surface area contributed by atoms with Crippen LogP contribution in [0.4, 0.5) is 0 Å². The standard InChI is InChI=1S/C10H13BrNO5P.H3N/c11-17-18(15,16)7-12-9(10(13)14)6-8-4-2-1-3-5-8;/h1-5,9,12H,6-7H2,(H,13,14)(H,15,16);1H3/t9-;/m0./s1. The van der Waals surface area contributed by atoms with Crippen LogP contribution in [-0.2, 0) is 19.4 Å². The maximum atomic E-state index is 11.2. The van der Waals surface area contributed by atoms with E-state index in [1.165, 1.54) is 0 Å². The average molecular weight is 355 g/mol. The lowest BCUT2D eigenvalue weighted by molar-refractivity contribution is -0.139. The zero-order valence-electron chi connectivity index (χ0n) is 10.0. The van der Waals surface area contributed by atoms with E-state index in [-0.39, 0.29) is 12.6 Å². The molecule has 0 spiro atoms. The van der Waals surface area contributed by atoms with E-state index >= 15 is 0 Å². The quantitative estimate of drug-likeness (QED) is 0.550. The Morgan fingerprint density at radius 1 is 1.42 bits per heavy atom. The summed E-state index contributed by atoms with van der Waals surface area (Å²) in [7, 11) is -3.83. The Morgan fingerprint density at radius 2 is 2.00 bits per heavy atom. The number of hydrogen-bond donors (Lipinski definition) is 4. The maximum absolute atomic E-state index is 11.2. The van der Waals surface area contributed by atoms with Gasteiger partial charge in [0.05, 0.1) is 0 Å². The van der Waals surface area contributed by atoms with Gasteiger partial charge in [-0.2, -0.15) is 0 Å². The van der Waals surface area contributed by atoms with Gasteiger partial charge in [0.2, 0.25) is 0 Å². The second kappa shape index (κ2) is 8.42. The van der Waals surface area contributed by atoms with E-state index in [0.29, 0.717) is 0 Å². The summed E-state index contributed by atoms with van der Waals surface area (Å²) < 4.78 is 15.4. The number of aliphatic carboxylic acids is 1. The molecule has 1 aromatic rings. The van der Waals surface area contributed by atoms with E-state index in [2.05, 4.69) is 25.2 Å². The van der Waals surface area contributed by atoms with E-state index in [1.54, 1.807) is 24.3 Å². The fourth-order valence-corrected chi connectivity index (χ4v) is 2.15. The fourth-order valence-electron chi connectivity index (χ4n) is 1.35. The Morgan fingerprint density at radius 3 is 2.47 bits per heavy atom. The Labute approximate surface area is 119 Å². The lowest BCUT2D eigenvalue weighted by atomic mass is 10.1. The average Bonchev–Trinajstić information content (AvgIpc) is 2.35. The van der Waals surface area contributed by atoms with Crippen molar-refractivity contribution in [3.63, 3.8) is 0 Å². The number of hydrogen-bond acceptors (Lipinski definition) is 5. The third-order valence-electron chi connectivity index (χ3n) is 2.23. The molecule has 108 valence electrons. The highest BCUT2D eigenvalue weighted by Gasteiger charge is 2.24. The van der Waals surface area contributed by atoms with Crippen LogP contribution in [0.2, 0.25) is 0 Å². The highest BCUT2D eigenvalue weighted by Crippen LogP contribution is 2.42. The summed E-state index contributed by atoms with van der Waals surface area (Å²) in [6.07, 6.45) is -0.222. The summed E-state index contributed by atoms with van der Waals surface area (Å²) in [6, 6.07) is 8.05. The van der Waals surface area contributed by atoms with Crippen molar-refractivity contribution in [2.75, 3.05) is 6.29 Å². The van der Waals surface area contributed by atoms with Crippen molar-refractivity contribution in [2.24, 2.45) is 0 Å². The van der Waals surface area contributed by atoms with Crippen molar-refractivity contribution < 1.29 is 23.0 Å². The second-order valence-electron chi connectivity index (χ2n) is 3.65. The molecule has 0 heterocycles. The Kier molecular flexibility index (Phi) is 8.08. The molecule has 0 saturated carbocycles. The lowest BCUT2D eigenvalue weighted by Crippen LogP contribution is -2.39. The van der Waals surface area contributed by atoms with Crippen LogP contribution in [0.15, 0.2) is 30.3 Å². The van der Waals surface area contributed by atoms with Crippen LogP contribution in [0.1, 0.15) is 5.56 Å². The maximum Gasteiger partial charge on any atom is 0.352 e. The number of rotatable bonds is 7. The molecule has 1 rings (SSSR count). The molecule has 1 aromatic carbocycles. The van der Waals surface area contributed by atoms with Gasteiger partial charge >= 0.3 is 13.6 Å². The molecule has 0 aliphatic rings. The number of nitrogens with one attached hydrogen (secondary N) is 1. The Balaban J connectivity index is 0.00000324. The number of carbonyl (C=O) groups is 1.